The molecule has 3 N–H and O–H groups in total. The van der Waals surface area contributed by atoms with E-state index in [4.69, 9.17) is 5.26 Å². The molecule has 0 heterocycles. The highest BCUT2D eigenvalue weighted by atomic mass is 19.1. The summed E-state index contributed by atoms with van der Waals surface area (Å²) in [6.45, 7) is -0.00397. The van der Waals surface area contributed by atoms with Gasteiger partial charge in [0, 0.05) is 12.1 Å². The van der Waals surface area contributed by atoms with Gasteiger partial charge in [-0.05, 0) is 31.0 Å². The number of benzene rings is 1. The van der Waals surface area contributed by atoms with E-state index in [2.05, 4.69) is 10.6 Å². The van der Waals surface area contributed by atoms with Crippen LogP contribution in [0.25, 0.3) is 0 Å². The van der Waals surface area contributed by atoms with Crippen LogP contribution in [0.1, 0.15) is 36.8 Å². The molecule has 1 aliphatic carbocycles. The molecule has 1 aliphatic rings. The van der Waals surface area contributed by atoms with Gasteiger partial charge in [-0.15, -0.1) is 0 Å². The third kappa shape index (κ3) is 4.17. The van der Waals surface area contributed by atoms with Crippen molar-refractivity contribution >= 4 is 6.03 Å². The molecule has 1 fully saturated rings. The van der Waals surface area contributed by atoms with Crippen LogP contribution >= 0.6 is 0 Å². The quantitative estimate of drug-likeness (QED) is 0.794. The van der Waals surface area contributed by atoms with Crippen LogP contribution in [0.2, 0.25) is 0 Å². The Kier molecular flexibility index (Phi) is 5.12. The van der Waals surface area contributed by atoms with E-state index in [-0.39, 0.29) is 18.2 Å². The molecule has 6 heteroatoms. The molecule has 112 valence electrons. The lowest BCUT2D eigenvalue weighted by Crippen LogP contribution is -2.48. The van der Waals surface area contributed by atoms with Gasteiger partial charge in [-0.1, -0.05) is 12.8 Å². The number of carbonyl (C=O) groups is 1. The van der Waals surface area contributed by atoms with Crippen molar-refractivity contribution in [2.75, 3.05) is 0 Å². The van der Waals surface area contributed by atoms with Crippen molar-refractivity contribution in [3.05, 3.63) is 35.1 Å². The molecule has 0 aliphatic heterocycles. The number of nitrogens with zero attached hydrogens (tertiary/aromatic N) is 1. The van der Waals surface area contributed by atoms with Crippen molar-refractivity contribution in [3.63, 3.8) is 0 Å². The highest BCUT2D eigenvalue weighted by Gasteiger charge is 2.24. The Balaban J connectivity index is 1.88. The van der Waals surface area contributed by atoms with Crippen LogP contribution in [-0.2, 0) is 6.54 Å². The maximum atomic E-state index is 13.6. The molecule has 0 bridgehead atoms. The molecule has 0 saturated heterocycles. The molecular formula is C15H18FN3O2. The summed E-state index contributed by atoms with van der Waals surface area (Å²) in [7, 11) is 0. The van der Waals surface area contributed by atoms with Crippen LogP contribution in [0.5, 0.6) is 0 Å². The van der Waals surface area contributed by atoms with Gasteiger partial charge < -0.3 is 15.7 Å². The third-order valence-corrected chi connectivity index (χ3v) is 3.66. The van der Waals surface area contributed by atoms with Crippen LogP contribution in [0.15, 0.2) is 18.2 Å². The molecular weight excluding hydrogens is 273 g/mol. The number of hydrogen-bond donors (Lipinski definition) is 3. The predicted octanol–water partition coefficient (Wildman–Crippen LogP) is 1.80. The van der Waals surface area contributed by atoms with Gasteiger partial charge in [0.05, 0.1) is 23.8 Å². The van der Waals surface area contributed by atoms with Crippen LogP contribution in [0.3, 0.4) is 0 Å². The Bertz CT molecular complexity index is 556. The second kappa shape index (κ2) is 7.04. The average molecular weight is 291 g/mol. The first kappa shape index (κ1) is 15.3. The topological polar surface area (TPSA) is 85.2 Å². The molecule has 1 saturated carbocycles. The molecule has 2 rings (SSSR count). The third-order valence-electron chi connectivity index (χ3n) is 3.66. The standard InChI is InChI=1S/C15H18FN3O2/c16-12-6-5-10(8-17)7-11(12)9-18-15(21)19-13-3-1-2-4-14(13)20/h5-7,13-14,20H,1-4,9H2,(H2,18,19,21)/t13-,14-/m0/s1. The minimum absolute atomic E-state index is 0.00397. The van der Waals surface area contributed by atoms with Crippen molar-refractivity contribution in [1.82, 2.24) is 10.6 Å². The maximum absolute atomic E-state index is 13.6. The van der Waals surface area contributed by atoms with Gasteiger partial charge in [-0.3, -0.25) is 0 Å². The van der Waals surface area contributed by atoms with E-state index >= 15 is 0 Å². The van der Waals surface area contributed by atoms with Gasteiger partial charge in [-0.2, -0.15) is 5.26 Å². The van der Waals surface area contributed by atoms with E-state index in [0.717, 1.165) is 19.3 Å². The van der Waals surface area contributed by atoms with Gasteiger partial charge in [0.1, 0.15) is 5.82 Å². The monoisotopic (exact) mass is 291 g/mol. The summed E-state index contributed by atoms with van der Waals surface area (Å²) < 4.78 is 13.6. The van der Waals surface area contributed by atoms with Crippen molar-refractivity contribution in [1.29, 1.82) is 5.26 Å². The van der Waals surface area contributed by atoms with Crippen molar-refractivity contribution in [2.24, 2.45) is 0 Å². The lowest BCUT2D eigenvalue weighted by molar-refractivity contribution is 0.0943. The van der Waals surface area contributed by atoms with E-state index in [1.54, 1.807) is 0 Å². The van der Waals surface area contributed by atoms with Gasteiger partial charge in [-0.25, -0.2) is 9.18 Å². The number of rotatable bonds is 3. The SMILES string of the molecule is N#Cc1ccc(F)c(CNC(=O)N[C@H]2CCCC[C@@H]2O)c1. The molecule has 0 spiro atoms. The molecule has 2 amide bonds. The zero-order valence-corrected chi connectivity index (χ0v) is 11.6. The number of nitriles is 1. The Morgan fingerprint density at radius 2 is 2.19 bits per heavy atom. The van der Waals surface area contributed by atoms with E-state index in [9.17, 15) is 14.3 Å². The van der Waals surface area contributed by atoms with E-state index < -0.39 is 18.0 Å². The number of aliphatic hydroxyl groups excluding tert-OH is 1. The second-order valence-corrected chi connectivity index (χ2v) is 5.20. The first-order valence-electron chi connectivity index (χ1n) is 7.01. The van der Waals surface area contributed by atoms with Crippen molar-refractivity contribution in [3.8, 4) is 6.07 Å². The van der Waals surface area contributed by atoms with Gasteiger partial charge >= 0.3 is 6.03 Å². The Morgan fingerprint density at radius 1 is 1.43 bits per heavy atom. The first-order valence-corrected chi connectivity index (χ1v) is 7.01. The normalized spacial score (nSPS) is 21.4. The largest absolute Gasteiger partial charge is 0.391 e. The molecule has 1 aromatic rings. The maximum Gasteiger partial charge on any atom is 0.315 e. The Morgan fingerprint density at radius 3 is 2.90 bits per heavy atom. The van der Waals surface area contributed by atoms with Crippen LogP contribution in [-0.4, -0.2) is 23.3 Å². The van der Waals surface area contributed by atoms with Gasteiger partial charge in [0.2, 0.25) is 0 Å². The fraction of sp³-hybridized carbons (Fsp3) is 0.467. The first-order chi connectivity index (χ1) is 10.1. The van der Waals surface area contributed by atoms with Gasteiger partial charge in [0.25, 0.3) is 0 Å². The summed E-state index contributed by atoms with van der Waals surface area (Å²) in [6, 6.07) is 5.23. The van der Waals surface area contributed by atoms with Crippen molar-refractivity contribution < 1.29 is 14.3 Å². The summed E-state index contributed by atoms with van der Waals surface area (Å²) >= 11 is 0. The lowest BCUT2D eigenvalue weighted by atomic mass is 9.93. The molecule has 21 heavy (non-hydrogen) atoms. The average Bonchev–Trinajstić information content (AvgIpc) is 2.49. The minimum atomic E-state index is -0.525. The Hall–Kier alpha value is -2.13. The zero-order chi connectivity index (χ0) is 15.2. The van der Waals surface area contributed by atoms with Crippen LogP contribution in [0.4, 0.5) is 9.18 Å². The van der Waals surface area contributed by atoms with Crippen LogP contribution < -0.4 is 10.6 Å². The predicted molar refractivity (Wildman–Crippen MR) is 74.7 cm³/mol. The van der Waals surface area contributed by atoms with E-state index in [0.29, 0.717) is 12.0 Å². The lowest BCUT2D eigenvalue weighted by Gasteiger charge is -2.28. The molecule has 0 aromatic heterocycles. The zero-order valence-electron chi connectivity index (χ0n) is 11.6. The number of hydrogen-bond acceptors (Lipinski definition) is 3. The number of urea groups is 1. The molecule has 0 unspecified atom stereocenters. The van der Waals surface area contributed by atoms with Gasteiger partial charge in [0.15, 0.2) is 0 Å². The summed E-state index contributed by atoms with van der Waals surface area (Å²) in [5.74, 6) is -0.466. The smallest absolute Gasteiger partial charge is 0.315 e. The fourth-order valence-electron chi connectivity index (χ4n) is 2.45. The highest BCUT2D eigenvalue weighted by Crippen LogP contribution is 2.18. The number of amides is 2. The van der Waals surface area contributed by atoms with E-state index in [1.807, 2.05) is 6.07 Å². The number of aliphatic hydroxyl groups is 1. The van der Waals surface area contributed by atoms with Crippen molar-refractivity contribution in [2.45, 2.75) is 44.4 Å². The van der Waals surface area contributed by atoms with E-state index in [1.165, 1.54) is 18.2 Å². The Labute approximate surface area is 122 Å². The molecule has 2 atom stereocenters. The van der Waals surface area contributed by atoms with Crippen LogP contribution in [0, 0.1) is 17.1 Å². The minimum Gasteiger partial charge on any atom is -0.391 e. The number of carbonyl (C=O) groups excluding carboxylic acids is 1. The highest BCUT2D eigenvalue weighted by molar-refractivity contribution is 5.74. The fourth-order valence-corrected chi connectivity index (χ4v) is 2.45. The number of nitrogens with one attached hydrogen (secondary N) is 2. The molecule has 1 aromatic carbocycles. The number of halogens is 1. The summed E-state index contributed by atoms with van der Waals surface area (Å²) in [6.07, 6.45) is 2.84. The summed E-state index contributed by atoms with van der Waals surface area (Å²) in [5, 5.41) is 23.8. The molecule has 5 nitrogen and oxygen atoms in total. The molecule has 0 radical (unpaired) electrons. The summed E-state index contributed by atoms with van der Waals surface area (Å²) in [4.78, 5) is 11.8. The summed E-state index contributed by atoms with van der Waals surface area (Å²) in [5.41, 5.74) is 0.602. The second-order valence-electron chi connectivity index (χ2n) is 5.20.